The van der Waals surface area contributed by atoms with Crippen LogP contribution in [-0.4, -0.2) is 21.6 Å². The average molecular weight is 364 g/mol. The fourth-order valence-electron chi connectivity index (χ4n) is 2.83. The lowest BCUT2D eigenvalue weighted by molar-refractivity contribution is 0.0843. The molecule has 0 spiro atoms. The number of aryl methyl sites for hydroxylation is 2. The van der Waals surface area contributed by atoms with Crippen LogP contribution < -0.4 is 16.4 Å². The number of carbonyl (C=O) groups is 2. The number of fused-ring (bicyclic) bond motifs is 1. The zero-order valence-corrected chi connectivity index (χ0v) is 15.2. The van der Waals surface area contributed by atoms with Crippen LogP contribution in [0.1, 0.15) is 39.8 Å². The van der Waals surface area contributed by atoms with Gasteiger partial charge in [-0.3, -0.25) is 25.2 Å². The molecule has 0 fully saturated rings. The first-order chi connectivity index (χ1) is 13.0. The Balaban J connectivity index is 1.89. The van der Waals surface area contributed by atoms with Crippen molar-refractivity contribution in [1.29, 1.82) is 0 Å². The van der Waals surface area contributed by atoms with E-state index in [1.165, 1.54) is 4.68 Å². The Bertz CT molecular complexity index is 1070. The highest BCUT2D eigenvalue weighted by atomic mass is 16.2. The van der Waals surface area contributed by atoms with Crippen LogP contribution in [0, 0.1) is 6.92 Å². The number of nitrogens with one attached hydrogen (secondary N) is 2. The molecule has 0 aliphatic heterocycles. The number of hydrazine groups is 1. The van der Waals surface area contributed by atoms with Gasteiger partial charge in [-0.15, -0.1) is 0 Å². The summed E-state index contributed by atoms with van der Waals surface area (Å²) < 4.78 is 1.28. The predicted octanol–water partition coefficient (Wildman–Crippen LogP) is 2.19. The van der Waals surface area contributed by atoms with Crippen LogP contribution in [-0.2, 0) is 6.54 Å². The maximum Gasteiger partial charge on any atom is 0.290 e. The number of benzene rings is 2. The average Bonchev–Trinajstić information content (AvgIpc) is 2.68. The Labute approximate surface area is 156 Å². The van der Waals surface area contributed by atoms with E-state index in [0.717, 1.165) is 5.56 Å². The molecule has 0 bridgehead atoms. The SMILES string of the molecule is CCCn1nc(C(=O)NNC(=O)c2ccccc2C)c2ccccc2c1=O. The molecule has 0 unspecified atom stereocenters. The predicted molar refractivity (Wildman–Crippen MR) is 102 cm³/mol. The summed E-state index contributed by atoms with van der Waals surface area (Å²) in [5.74, 6) is -1.01. The van der Waals surface area contributed by atoms with Crippen LogP contribution in [0.4, 0.5) is 0 Å². The van der Waals surface area contributed by atoms with Gasteiger partial charge in [0.25, 0.3) is 17.4 Å². The van der Waals surface area contributed by atoms with Gasteiger partial charge in [-0.05, 0) is 31.0 Å². The normalized spacial score (nSPS) is 10.6. The Hall–Kier alpha value is -3.48. The van der Waals surface area contributed by atoms with E-state index < -0.39 is 11.8 Å². The summed E-state index contributed by atoms with van der Waals surface area (Å²) in [6.07, 6.45) is 0.705. The second-order valence-corrected chi connectivity index (χ2v) is 6.15. The first kappa shape index (κ1) is 18.3. The van der Waals surface area contributed by atoms with Gasteiger partial charge in [0, 0.05) is 17.5 Å². The lowest BCUT2D eigenvalue weighted by Crippen LogP contribution is -2.43. The zero-order valence-electron chi connectivity index (χ0n) is 15.2. The molecule has 7 nitrogen and oxygen atoms in total. The van der Waals surface area contributed by atoms with Crippen molar-refractivity contribution in [1.82, 2.24) is 20.6 Å². The summed E-state index contributed by atoms with van der Waals surface area (Å²) in [6, 6.07) is 13.9. The van der Waals surface area contributed by atoms with Crippen molar-refractivity contribution >= 4 is 22.6 Å². The van der Waals surface area contributed by atoms with Gasteiger partial charge in [0.2, 0.25) is 0 Å². The largest absolute Gasteiger partial charge is 0.290 e. The third kappa shape index (κ3) is 3.72. The van der Waals surface area contributed by atoms with E-state index in [1.807, 2.05) is 26.0 Å². The highest BCUT2D eigenvalue weighted by Crippen LogP contribution is 2.13. The van der Waals surface area contributed by atoms with Crippen LogP contribution in [0.3, 0.4) is 0 Å². The lowest BCUT2D eigenvalue weighted by Gasteiger charge is -2.12. The van der Waals surface area contributed by atoms with Crippen molar-refractivity contribution in [3.63, 3.8) is 0 Å². The Kier molecular flexibility index (Phi) is 5.30. The fourth-order valence-corrected chi connectivity index (χ4v) is 2.83. The summed E-state index contributed by atoms with van der Waals surface area (Å²) in [5, 5.41) is 5.05. The molecule has 138 valence electrons. The molecule has 3 rings (SSSR count). The molecule has 2 amide bonds. The molecular formula is C20H20N4O3. The summed E-state index contributed by atoms with van der Waals surface area (Å²) in [4.78, 5) is 37.4. The summed E-state index contributed by atoms with van der Waals surface area (Å²) >= 11 is 0. The van der Waals surface area contributed by atoms with E-state index in [2.05, 4.69) is 16.0 Å². The molecule has 7 heteroatoms. The number of rotatable bonds is 4. The first-order valence-corrected chi connectivity index (χ1v) is 8.69. The molecule has 0 saturated carbocycles. The number of hydrogen-bond acceptors (Lipinski definition) is 4. The van der Waals surface area contributed by atoms with Crippen LogP contribution in [0.25, 0.3) is 10.8 Å². The number of carbonyl (C=O) groups excluding carboxylic acids is 2. The van der Waals surface area contributed by atoms with E-state index in [0.29, 0.717) is 29.3 Å². The minimum Gasteiger partial charge on any atom is -0.267 e. The van der Waals surface area contributed by atoms with Gasteiger partial charge in [-0.25, -0.2) is 4.68 Å². The topological polar surface area (TPSA) is 93.1 Å². The van der Waals surface area contributed by atoms with E-state index in [1.54, 1.807) is 36.4 Å². The Morgan fingerprint density at radius 2 is 1.59 bits per heavy atom. The van der Waals surface area contributed by atoms with Crippen molar-refractivity contribution < 1.29 is 9.59 Å². The number of aromatic nitrogens is 2. The molecule has 3 aromatic rings. The molecule has 2 N–H and O–H groups in total. The minimum atomic E-state index is -0.585. The fraction of sp³-hybridized carbons (Fsp3) is 0.200. The summed E-state index contributed by atoms with van der Waals surface area (Å²) in [7, 11) is 0. The van der Waals surface area contributed by atoms with Gasteiger partial charge in [0.15, 0.2) is 5.69 Å². The van der Waals surface area contributed by atoms with Crippen molar-refractivity contribution in [2.45, 2.75) is 26.8 Å². The minimum absolute atomic E-state index is 0.0868. The second kappa shape index (κ2) is 7.82. The standard InChI is InChI=1S/C20H20N4O3/c1-3-12-24-20(27)16-11-7-6-10-15(16)17(23-24)19(26)22-21-18(25)14-9-5-4-8-13(14)2/h4-11H,3,12H2,1-2H3,(H,21,25)(H,22,26). The molecule has 0 aliphatic carbocycles. The number of amides is 2. The van der Waals surface area contributed by atoms with Crippen molar-refractivity contribution in [2.24, 2.45) is 0 Å². The first-order valence-electron chi connectivity index (χ1n) is 8.69. The molecule has 0 radical (unpaired) electrons. The Morgan fingerprint density at radius 3 is 2.30 bits per heavy atom. The zero-order chi connectivity index (χ0) is 19.4. The van der Waals surface area contributed by atoms with Gasteiger partial charge in [0.1, 0.15) is 0 Å². The van der Waals surface area contributed by atoms with E-state index >= 15 is 0 Å². The van der Waals surface area contributed by atoms with Gasteiger partial charge in [-0.2, -0.15) is 5.10 Å². The molecule has 0 saturated heterocycles. The molecule has 2 aromatic carbocycles. The lowest BCUT2D eigenvalue weighted by atomic mass is 10.1. The van der Waals surface area contributed by atoms with Crippen LogP contribution in [0.15, 0.2) is 53.3 Å². The van der Waals surface area contributed by atoms with Gasteiger partial charge in [-0.1, -0.05) is 43.3 Å². The van der Waals surface area contributed by atoms with Crippen LogP contribution in [0.5, 0.6) is 0 Å². The van der Waals surface area contributed by atoms with Crippen molar-refractivity contribution in [2.75, 3.05) is 0 Å². The smallest absolute Gasteiger partial charge is 0.267 e. The molecular weight excluding hydrogens is 344 g/mol. The van der Waals surface area contributed by atoms with Crippen molar-refractivity contribution in [3.05, 3.63) is 75.7 Å². The highest BCUT2D eigenvalue weighted by molar-refractivity contribution is 6.06. The highest BCUT2D eigenvalue weighted by Gasteiger charge is 2.17. The number of nitrogens with zero attached hydrogens (tertiary/aromatic N) is 2. The molecule has 27 heavy (non-hydrogen) atoms. The third-order valence-electron chi connectivity index (χ3n) is 4.20. The summed E-state index contributed by atoms with van der Waals surface area (Å²) in [6.45, 7) is 4.14. The van der Waals surface area contributed by atoms with E-state index in [-0.39, 0.29) is 11.3 Å². The summed E-state index contributed by atoms with van der Waals surface area (Å²) in [5.41, 5.74) is 5.90. The third-order valence-corrected chi connectivity index (χ3v) is 4.20. The Morgan fingerprint density at radius 1 is 0.963 bits per heavy atom. The van der Waals surface area contributed by atoms with E-state index in [4.69, 9.17) is 0 Å². The van der Waals surface area contributed by atoms with E-state index in [9.17, 15) is 14.4 Å². The maximum atomic E-state index is 12.6. The monoisotopic (exact) mass is 364 g/mol. The molecule has 0 atom stereocenters. The quantitative estimate of drug-likeness (QED) is 0.694. The second-order valence-electron chi connectivity index (χ2n) is 6.15. The van der Waals surface area contributed by atoms with Crippen LogP contribution >= 0.6 is 0 Å². The van der Waals surface area contributed by atoms with Crippen LogP contribution in [0.2, 0.25) is 0 Å². The van der Waals surface area contributed by atoms with Gasteiger partial charge in [0.05, 0.1) is 5.39 Å². The number of hydrogen-bond donors (Lipinski definition) is 2. The van der Waals surface area contributed by atoms with Gasteiger partial charge < -0.3 is 0 Å². The maximum absolute atomic E-state index is 12.6. The molecule has 1 aromatic heterocycles. The van der Waals surface area contributed by atoms with Gasteiger partial charge >= 0.3 is 0 Å². The molecule has 1 heterocycles. The van der Waals surface area contributed by atoms with Crippen molar-refractivity contribution in [3.8, 4) is 0 Å². The molecule has 0 aliphatic rings.